The predicted molar refractivity (Wildman–Crippen MR) is 96.0 cm³/mol. The molecule has 3 heteroatoms. The highest BCUT2D eigenvalue weighted by Gasteiger charge is 2.31. The SMILES string of the molecule is Cc1ccc(C(Nc2cccc(Cl)c2)C2CCCCC2=O)cc1. The molecule has 23 heavy (non-hydrogen) atoms. The Morgan fingerprint density at radius 2 is 1.91 bits per heavy atom. The van der Waals surface area contributed by atoms with E-state index in [1.807, 2.05) is 24.3 Å². The standard InChI is InChI=1S/C20H22ClNO/c1-14-9-11-15(12-10-14)20(18-7-2-3-8-19(18)23)22-17-6-4-5-16(21)13-17/h4-6,9-13,18,20,22H,2-3,7-8H2,1H3. The number of anilines is 1. The van der Waals surface area contributed by atoms with Crippen molar-refractivity contribution in [2.45, 2.75) is 38.6 Å². The molecule has 1 N–H and O–H groups in total. The highest BCUT2D eigenvalue weighted by Crippen LogP contribution is 2.35. The van der Waals surface area contributed by atoms with Gasteiger partial charge in [-0.15, -0.1) is 0 Å². The summed E-state index contributed by atoms with van der Waals surface area (Å²) >= 11 is 6.10. The van der Waals surface area contributed by atoms with E-state index in [0.29, 0.717) is 17.2 Å². The highest BCUT2D eigenvalue weighted by atomic mass is 35.5. The lowest BCUT2D eigenvalue weighted by atomic mass is 9.80. The van der Waals surface area contributed by atoms with E-state index in [9.17, 15) is 4.79 Å². The van der Waals surface area contributed by atoms with Gasteiger partial charge in [-0.05, 0) is 43.5 Å². The second-order valence-corrected chi connectivity index (χ2v) is 6.80. The summed E-state index contributed by atoms with van der Waals surface area (Å²) < 4.78 is 0. The maximum Gasteiger partial charge on any atom is 0.138 e. The predicted octanol–water partition coefficient (Wildman–Crippen LogP) is 5.56. The number of rotatable bonds is 4. The van der Waals surface area contributed by atoms with Crippen LogP contribution in [0.4, 0.5) is 5.69 Å². The normalized spacial score (nSPS) is 19.4. The molecule has 0 saturated heterocycles. The Hall–Kier alpha value is -1.80. The summed E-state index contributed by atoms with van der Waals surface area (Å²) in [4.78, 5) is 12.5. The molecule has 1 saturated carbocycles. The van der Waals surface area contributed by atoms with Crippen LogP contribution in [0.2, 0.25) is 5.02 Å². The van der Waals surface area contributed by atoms with Gasteiger partial charge in [0, 0.05) is 23.0 Å². The van der Waals surface area contributed by atoms with Crippen molar-refractivity contribution in [2.75, 3.05) is 5.32 Å². The van der Waals surface area contributed by atoms with Crippen molar-refractivity contribution in [1.82, 2.24) is 0 Å². The molecule has 2 aromatic carbocycles. The minimum atomic E-state index is 0.00173. The van der Waals surface area contributed by atoms with Gasteiger partial charge in [-0.25, -0.2) is 0 Å². The zero-order chi connectivity index (χ0) is 16.2. The molecule has 0 radical (unpaired) electrons. The number of hydrogen-bond donors (Lipinski definition) is 1. The van der Waals surface area contributed by atoms with Gasteiger partial charge in [0.05, 0.1) is 6.04 Å². The Morgan fingerprint density at radius 1 is 1.13 bits per heavy atom. The monoisotopic (exact) mass is 327 g/mol. The number of Topliss-reactive ketones (excluding diaryl/α,β-unsaturated/α-hetero) is 1. The van der Waals surface area contributed by atoms with E-state index in [-0.39, 0.29) is 12.0 Å². The van der Waals surface area contributed by atoms with Crippen LogP contribution in [0.3, 0.4) is 0 Å². The van der Waals surface area contributed by atoms with Crippen LogP contribution in [0.5, 0.6) is 0 Å². The molecule has 0 aliphatic heterocycles. The Morgan fingerprint density at radius 3 is 2.61 bits per heavy atom. The molecule has 1 fully saturated rings. The number of aryl methyl sites for hydroxylation is 1. The molecular weight excluding hydrogens is 306 g/mol. The van der Waals surface area contributed by atoms with Gasteiger partial charge in [-0.3, -0.25) is 4.79 Å². The van der Waals surface area contributed by atoms with Crippen LogP contribution >= 0.6 is 11.6 Å². The molecule has 0 aromatic heterocycles. The number of nitrogens with one attached hydrogen (secondary N) is 1. The summed E-state index contributed by atoms with van der Waals surface area (Å²) in [5, 5.41) is 4.25. The van der Waals surface area contributed by atoms with E-state index >= 15 is 0 Å². The fourth-order valence-corrected chi connectivity index (χ4v) is 3.50. The van der Waals surface area contributed by atoms with E-state index in [4.69, 9.17) is 11.6 Å². The number of ketones is 1. The quantitative estimate of drug-likeness (QED) is 0.796. The average molecular weight is 328 g/mol. The van der Waals surface area contributed by atoms with Gasteiger partial charge >= 0.3 is 0 Å². The second-order valence-electron chi connectivity index (χ2n) is 6.36. The Kier molecular flexibility index (Phi) is 5.02. The third-order valence-electron chi connectivity index (χ3n) is 4.59. The molecule has 0 heterocycles. The fourth-order valence-electron chi connectivity index (χ4n) is 3.31. The average Bonchev–Trinajstić information content (AvgIpc) is 2.54. The summed E-state index contributed by atoms with van der Waals surface area (Å²) in [5.74, 6) is 0.404. The number of carbonyl (C=O) groups excluding carboxylic acids is 1. The topological polar surface area (TPSA) is 29.1 Å². The van der Waals surface area contributed by atoms with E-state index < -0.39 is 0 Å². The lowest BCUT2D eigenvalue weighted by Crippen LogP contribution is -2.30. The molecule has 1 aliphatic carbocycles. The number of benzene rings is 2. The van der Waals surface area contributed by atoms with Crippen LogP contribution < -0.4 is 5.32 Å². The van der Waals surface area contributed by atoms with Crippen LogP contribution in [0.1, 0.15) is 42.9 Å². The van der Waals surface area contributed by atoms with Gasteiger partial charge in [-0.1, -0.05) is 53.9 Å². The minimum Gasteiger partial charge on any atom is -0.377 e. The van der Waals surface area contributed by atoms with Gasteiger partial charge in [0.1, 0.15) is 5.78 Å². The van der Waals surface area contributed by atoms with E-state index in [0.717, 1.165) is 30.5 Å². The first-order chi connectivity index (χ1) is 11.1. The highest BCUT2D eigenvalue weighted by molar-refractivity contribution is 6.30. The molecule has 1 aliphatic rings. The minimum absolute atomic E-state index is 0.00173. The summed E-state index contributed by atoms with van der Waals surface area (Å²) in [6.45, 7) is 2.08. The number of carbonyl (C=O) groups is 1. The molecule has 2 aromatic rings. The molecule has 3 rings (SSSR count). The summed E-state index contributed by atoms with van der Waals surface area (Å²) in [6, 6.07) is 16.2. The zero-order valence-corrected chi connectivity index (χ0v) is 14.1. The molecular formula is C20H22ClNO. The molecule has 2 atom stereocenters. The van der Waals surface area contributed by atoms with E-state index in [1.54, 1.807) is 0 Å². The van der Waals surface area contributed by atoms with Crippen LogP contribution in [-0.2, 0) is 4.79 Å². The van der Waals surface area contributed by atoms with Crippen LogP contribution in [0.15, 0.2) is 48.5 Å². The maximum absolute atomic E-state index is 12.5. The van der Waals surface area contributed by atoms with Crippen molar-refractivity contribution < 1.29 is 4.79 Å². The Bertz CT molecular complexity index is 680. The summed E-state index contributed by atoms with van der Waals surface area (Å²) in [5.41, 5.74) is 3.35. The van der Waals surface area contributed by atoms with Gasteiger partial charge in [0.15, 0.2) is 0 Å². The Balaban J connectivity index is 1.92. The van der Waals surface area contributed by atoms with Crippen molar-refractivity contribution in [3.05, 3.63) is 64.7 Å². The van der Waals surface area contributed by atoms with Crippen LogP contribution in [0, 0.1) is 12.8 Å². The van der Waals surface area contributed by atoms with E-state index in [2.05, 4.69) is 36.5 Å². The first-order valence-electron chi connectivity index (χ1n) is 8.25. The Labute approximate surface area is 142 Å². The van der Waals surface area contributed by atoms with Gasteiger partial charge in [-0.2, -0.15) is 0 Å². The van der Waals surface area contributed by atoms with Crippen molar-refractivity contribution in [3.63, 3.8) is 0 Å². The molecule has 2 nitrogen and oxygen atoms in total. The first-order valence-corrected chi connectivity index (χ1v) is 8.62. The van der Waals surface area contributed by atoms with Crippen LogP contribution in [-0.4, -0.2) is 5.78 Å². The zero-order valence-electron chi connectivity index (χ0n) is 13.4. The number of hydrogen-bond acceptors (Lipinski definition) is 2. The summed E-state index contributed by atoms with van der Waals surface area (Å²) in [7, 11) is 0. The van der Waals surface area contributed by atoms with Crippen molar-refractivity contribution >= 4 is 23.1 Å². The fraction of sp³-hybridized carbons (Fsp3) is 0.350. The largest absolute Gasteiger partial charge is 0.377 e. The van der Waals surface area contributed by atoms with E-state index in [1.165, 1.54) is 5.56 Å². The summed E-state index contributed by atoms with van der Waals surface area (Å²) in [6.07, 6.45) is 3.79. The lowest BCUT2D eigenvalue weighted by molar-refractivity contribution is -0.125. The van der Waals surface area contributed by atoms with Crippen molar-refractivity contribution in [1.29, 1.82) is 0 Å². The molecule has 2 unspecified atom stereocenters. The third-order valence-corrected chi connectivity index (χ3v) is 4.82. The van der Waals surface area contributed by atoms with Gasteiger partial charge in [0.25, 0.3) is 0 Å². The third kappa shape index (κ3) is 3.94. The van der Waals surface area contributed by atoms with Crippen molar-refractivity contribution in [3.8, 4) is 0 Å². The molecule has 0 amide bonds. The van der Waals surface area contributed by atoms with Gasteiger partial charge < -0.3 is 5.32 Å². The van der Waals surface area contributed by atoms with Gasteiger partial charge in [0.2, 0.25) is 0 Å². The van der Waals surface area contributed by atoms with Crippen LogP contribution in [0.25, 0.3) is 0 Å². The molecule has 120 valence electrons. The molecule has 0 spiro atoms. The molecule has 0 bridgehead atoms. The van der Waals surface area contributed by atoms with Crippen molar-refractivity contribution in [2.24, 2.45) is 5.92 Å². The maximum atomic E-state index is 12.5. The lowest BCUT2D eigenvalue weighted by Gasteiger charge is -2.31. The smallest absolute Gasteiger partial charge is 0.138 e. The number of halogens is 1. The first kappa shape index (κ1) is 16.1. The second kappa shape index (κ2) is 7.18.